The van der Waals surface area contributed by atoms with Crippen LogP contribution in [0, 0.1) is 16.7 Å². The number of hydrogen-bond donors (Lipinski definition) is 0. The Kier molecular flexibility index (Phi) is 3.78. The van der Waals surface area contributed by atoms with E-state index in [0.29, 0.717) is 0 Å². The van der Waals surface area contributed by atoms with Crippen LogP contribution in [0.25, 0.3) is 0 Å². The lowest BCUT2D eigenvalue weighted by molar-refractivity contribution is 0.187. The summed E-state index contributed by atoms with van der Waals surface area (Å²) in [6.07, 6.45) is 0. The van der Waals surface area contributed by atoms with Crippen LogP contribution >= 0.6 is 0 Å². The highest BCUT2D eigenvalue weighted by Crippen LogP contribution is 2.34. The van der Waals surface area contributed by atoms with Crippen molar-refractivity contribution in [2.24, 2.45) is 5.41 Å². The van der Waals surface area contributed by atoms with Crippen LogP contribution in [0.4, 0.5) is 0 Å². The summed E-state index contributed by atoms with van der Waals surface area (Å²) in [6, 6.07) is 10.1. The van der Waals surface area contributed by atoms with Gasteiger partial charge in [-0.05, 0) is 37.0 Å². The van der Waals surface area contributed by atoms with Crippen molar-refractivity contribution in [2.75, 3.05) is 13.1 Å². The highest BCUT2D eigenvalue weighted by atomic mass is 15.1. The lowest BCUT2D eigenvalue weighted by Gasteiger charge is -2.40. The van der Waals surface area contributed by atoms with Crippen LogP contribution in [0.15, 0.2) is 35.4 Å². The highest BCUT2D eigenvalue weighted by molar-refractivity contribution is 5.32. The van der Waals surface area contributed by atoms with E-state index in [2.05, 4.69) is 50.8 Å². The zero-order valence-electron chi connectivity index (χ0n) is 12.3. The molecule has 0 bridgehead atoms. The van der Waals surface area contributed by atoms with Crippen molar-refractivity contribution < 1.29 is 0 Å². The van der Waals surface area contributed by atoms with E-state index in [1.807, 2.05) is 12.1 Å². The molecule has 0 atom stereocenters. The molecule has 2 heteroatoms. The van der Waals surface area contributed by atoms with E-state index >= 15 is 0 Å². The van der Waals surface area contributed by atoms with Gasteiger partial charge in [0.15, 0.2) is 0 Å². The molecular formula is C17H22N2. The lowest BCUT2D eigenvalue weighted by Crippen LogP contribution is -2.40. The molecule has 0 aromatic heterocycles. The van der Waals surface area contributed by atoms with E-state index in [9.17, 15) is 0 Å². The fraction of sp³-hybridized carbons (Fsp3) is 0.471. The minimum atomic E-state index is 0.259. The summed E-state index contributed by atoms with van der Waals surface area (Å²) >= 11 is 0. The van der Waals surface area contributed by atoms with Gasteiger partial charge >= 0.3 is 0 Å². The molecular weight excluding hydrogens is 232 g/mol. The molecule has 1 aromatic carbocycles. The fourth-order valence-corrected chi connectivity index (χ4v) is 2.82. The summed E-state index contributed by atoms with van der Waals surface area (Å²) in [4.78, 5) is 2.49. The molecule has 1 aliphatic rings. The number of rotatable bonds is 2. The van der Waals surface area contributed by atoms with Gasteiger partial charge in [-0.2, -0.15) is 5.26 Å². The quantitative estimate of drug-likeness (QED) is 0.752. The fourth-order valence-electron chi connectivity index (χ4n) is 2.82. The predicted octanol–water partition coefficient (Wildman–Crippen LogP) is 3.74. The van der Waals surface area contributed by atoms with Crippen LogP contribution < -0.4 is 0 Å². The Balaban J connectivity index is 2.11. The molecule has 0 aliphatic carbocycles. The van der Waals surface area contributed by atoms with E-state index in [1.165, 1.54) is 16.7 Å². The first-order valence-electron chi connectivity index (χ1n) is 6.80. The van der Waals surface area contributed by atoms with Gasteiger partial charge in [0.05, 0.1) is 11.6 Å². The van der Waals surface area contributed by atoms with Crippen molar-refractivity contribution in [3.63, 3.8) is 0 Å². The zero-order valence-corrected chi connectivity index (χ0v) is 12.3. The Morgan fingerprint density at radius 1 is 1.21 bits per heavy atom. The Labute approximate surface area is 116 Å². The first-order valence-corrected chi connectivity index (χ1v) is 6.80. The zero-order chi connectivity index (χ0) is 14.0. The predicted molar refractivity (Wildman–Crippen MR) is 78.6 cm³/mol. The van der Waals surface area contributed by atoms with Crippen LogP contribution in [0.2, 0.25) is 0 Å². The van der Waals surface area contributed by atoms with Gasteiger partial charge in [0.1, 0.15) is 0 Å². The van der Waals surface area contributed by atoms with Gasteiger partial charge in [-0.3, -0.25) is 4.90 Å². The molecule has 0 radical (unpaired) electrons. The number of hydrogen-bond acceptors (Lipinski definition) is 2. The minimum Gasteiger partial charge on any atom is -0.294 e. The van der Waals surface area contributed by atoms with Crippen molar-refractivity contribution in [2.45, 2.75) is 34.2 Å². The molecule has 19 heavy (non-hydrogen) atoms. The maximum atomic E-state index is 8.82. The second-order valence-electron chi connectivity index (χ2n) is 6.24. The van der Waals surface area contributed by atoms with Crippen LogP contribution in [0.3, 0.4) is 0 Å². The second-order valence-corrected chi connectivity index (χ2v) is 6.24. The van der Waals surface area contributed by atoms with Gasteiger partial charge < -0.3 is 0 Å². The summed E-state index contributed by atoms with van der Waals surface area (Å²) in [5.74, 6) is 0. The molecule has 0 saturated heterocycles. The standard InChI is InChI=1S/C17H22N2/c1-13-10-19(12-17(3,4)14(13)2)11-16-7-5-15(9-18)6-8-16/h5-8H,10-12H2,1-4H3. The summed E-state index contributed by atoms with van der Waals surface area (Å²) < 4.78 is 0. The lowest BCUT2D eigenvalue weighted by atomic mass is 9.79. The minimum absolute atomic E-state index is 0.259. The normalized spacial score (nSPS) is 19.3. The highest BCUT2D eigenvalue weighted by Gasteiger charge is 2.29. The Bertz CT molecular complexity index is 529. The summed E-state index contributed by atoms with van der Waals surface area (Å²) in [6.45, 7) is 12.2. The maximum Gasteiger partial charge on any atom is 0.0991 e. The van der Waals surface area contributed by atoms with Crippen LogP contribution in [0.5, 0.6) is 0 Å². The van der Waals surface area contributed by atoms with Crippen LogP contribution in [0.1, 0.15) is 38.8 Å². The molecule has 0 fully saturated rings. The molecule has 1 aromatic rings. The third-order valence-electron chi connectivity index (χ3n) is 4.22. The average Bonchev–Trinajstić information content (AvgIpc) is 2.36. The van der Waals surface area contributed by atoms with Gasteiger partial charge in [-0.25, -0.2) is 0 Å². The molecule has 0 unspecified atom stereocenters. The molecule has 0 spiro atoms. The summed E-state index contributed by atoms with van der Waals surface area (Å²) in [5.41, 5.74) is 5.29. The van der Waals surface area contributed by atoms with Crippen molar-refractivity contribution >= 4 is 0 Å². The van der Waals surface area contributed by atoms with Crippen molar-refractivity contribution in [1.29, 1.82) is 5.26 Å². The smallest absolute Gasteiger partial charge is 0.0991 e. The van der Waals surface area contributed by atoms with Crippen molar-refractivity contribution in [3.05, 3.63) is 46.5 Å². The third-order valence-corrected chi connectivity index (χ3v) is 4.22. The molecule has 1 heterocycles. The molecule has 0 amide bonds. The van der Waals surface area contributed by atoms with Crippen molar-refractivity contribution in [1.82, 2.24) is 4.90 Å². The van der Waals surface area contributed by atoms with Crippen LogP contribution in [-0.2, 0) is 6.54 Å². The molecule has 0 N–H and O–H groups in total. The van der Waals surface area contributed by atoms with Gasteiger partial charge in [-0.1, -0.05) is 37.1 Å². The maximum absolute atomic E-state index is 8.82. The van der Waals surface area contributed by atoms with Gasteiger partial charge in [0.25, 0.3) is 0 Å². The largest absolute Gasteiger partial charge is 0.294 e. The van der Waals surface area contributed by atoms with Crippen molar-refractivity contribution in [3.8, 4) is 6.07 Å². The second kappa shape index (κ2) is 5.19. The SMILES string of the molecule is CC1=C(C)C(C)(C)CN(Cc2ccc(C#N)cc2)C1. The number of benzene rings is 1. The topological polar surface area (TPSA) is 27.0 Å². The van der Waals surface area contributed by atoms with E-state index in [1.54, 1.807) is 0 Å². The Morgan fingerprint density at radius 2 is 1.84 bits per heavy atom. The van der Waals surface area contributed by atoms with E-state index in [-0.39, 0.29) is 5.41 Å². The first kappa shape index (κ1) is 13.8. The van der Waals surface area contributed by atoms with E-state index < -0.39 is 0 Å². The summed E-state index contributed by atoms with van der Waals surface area (Å²) in [5, 5.41) is 8.82. The number of nitriles is 1. The Morgan fingerprint density at radius 3 is 2.37 bits per heavy atom. The summed E-state index contributed by atoms with van der Waals surface area (Å²) in [7, 11) is 0. The average molecular weight is 254 g/mol. The Hall–Kier alpha value is -1.59. The van der Waals surface area contributed by atoms with Gasteiger partial charge in [0.2, 0.25) is 0 Å². The molecule has 0 saturated carbocycles. The van der Waals surface area contributed by atoms with E-state index in [0.717, 1.165) is 25.2 Å². The molecule has 2 nitrogen and oxygen atoms in total. The molecule has 2 rings (SSSR count). The van der Waals surface area contributed by atoms with Gasteiger partial charge in [-0.15, -0.1) is 0 Å². The first-order chi connectivity index (χ1) is 8.92. The van der Waals surface area contributed by atoms with Gasteiger partial charge in [0, 0.05) is 19.6 Å². The molecule has 100 valence electrons. The monoisotopic (exact) mass is 254 g/mol. The molecule has 1 aliphatic heterocycles. The number of nitrogens with zero attached hydrogens (tertiary/aromatic N) is 2. The van der Waals surface area contributed by atoms with E-state index in [4.69, 9.17) is 5.26 Å². The van der Waals surface area contributed by atoms with Crippen LogP contribution in [-0.4, -0.2) is 18.0 Å². The third kappa shape index (κ3) is 3.05.